The standard InChI is InChI=1S/C18H22F2N4O/c19-14-7-11-1-4-15(25)24(12-2-3-12)16(11)13(8-21)17(14)23-6-5-18(20,9-22)10-23/h1,4,7,12H,2-3,5-6,8-10,21-22H2. The predicted octanol–water partition coefficient (Wildman–Crippen LogP) is 1.81. The molecular formula is C18H22F2N4O. The summed E-state index contributed by atoms with van der Waals surface area (Å²) in [4.78, 5) is 14.1. The smallest absolute Gasteiger partial charge is 0.251 e. The highest BCUT2D eigenvalue weighted by Gasteiger charge is 2.39. The highest BCUT2D eigenvalue weighted by atomic mass is 19.1. The number of nitrogens with two attached hydrogens (primary N) is 2. The lowest BCUT2D eigenvalue weighted by molar-refractivity contribution is 0.204. The topological polar surface area (TPSA) is 77.3 Å². The van der Waals surface area contributed by atoms with Gasteiger partial charge in [0.05, 0.1) is 17.7 Å². The van der Waals surface area contributed by atoms with Crippen LogP contribution in [-0.2, 0) is 6.54 Å². The molecule has 0 bridgehead atoms. The molecule has 0 spiro atoms. The van der Waals surface area contributed by atoms with Crippen LogP contribution in [0.4, 0.5) is 14.5 Å². The highest BCUT2D eigenvalue weighted by molar-refractivity contribution is 5.88. The van der Waals surface area contributed by atoms with Gasteiger partial charge in [-0.3, -0.25) is 4.79 Å². The van der Waals surface area contributed by atoms with Gasteiger partial charge in [0.25, 0.3) is 5.56 Å². The van der Waals surface area contributed by atoms with E-state index in [4.69, 9.17) is 11.5 Å². The van der Waals surface area contributed by atoms with E-state index in [1.165, 1.54) is 12.1 Å². The van der Waals surface area contributed by atoms with Gasteiger partial charge in [-0.1, -0.05) is 0 Å². The second-order valence-corrected chi connectivity index (χ2v) is 7.13. The SMILES string of the molecule is NCc1c(N2CCC(F)(CN)C2)c(F)cc2ccc(=O)n(C3CC3)c12. The van der Waals surface area contributed by atoms with Gasteiger partial charge in [0, 0.05) is 49.1 Å². The van der Waals surface area contributed by atoms with E-state index in [2.05, 4.69) is 0 Å². The molecule has 0 amide bonds. The molecule has 1 aromatic heterocycles. The summed E-state index contributed by atoms with van der Waals surface area (Å²) >= 11 is 0. The summed E-state index contributed by atoms with van der Waals surface area (Å²) in [5.74, 6) is -0.435. The Balaban J connectivity index is 1.94. The molecule has 1 aliphatic heterocycles. The van der Waals surface area contributed by atoms with Crippen molar-refractivity contribution in [3.63, 3.8) is 0 Å². The summed E-state index contributed by atoms with van der Waals surface area (Å²) in [5.41, 5.74) is 11.4. The lowest BCUT2D eigenvalue weighted by Crippen LogP contribution is -2.37. The molecule has 1 saturated heterocycles. The maximum absolute atomic E-state index is 14.9. The third-order valence-electron chi connectivity index (χ3n) is 5.34. The zero-order valence-electron chi connectivity index (χ0n) is 14.0. The predicted molar refractivity (Wildman–Crippen MR) is 94.1 cm³/mol. The number of hydrogen-bond acceptors (Lipinski definition) is 4. The van der Waals surface area contributed by atoms with Crippen LogP contribution in [0.3, 0.4) is 0 Å². The molecule has 2 aromatic rings. The zero-order valence-corrected chi connectivity index (χ0v) is 14.0. The Hall–Kier alpha value is -1.99. The first-order valence-electron chi connectivity index (χ1n) is 8.68. The Bertz CT molecular complexity index is 893. The molecule has 4 rings (SSSR count). The molecule has 1 atom stereocenters. The molecular weight excluding hydrogens is 326 g/mol. The number of halogens is 2. The summed E-state index contributed by atoms with van der Waals surface area (Å²) in [6, 6.07) is 4.66. The van der Waals surface area contributed by atoms with E-state index in [0.717, 1.165) is 12.8 Å². The monoisotopic (exact) mass is 348 g/mol. The van der Waals surface area contributed by atoms with Gasteiger partial charge in [0.2, 0.25) is 0 Å². The van der Waals surface area contributed by atoms with E-state index < -0.39 is 11.5 Å². The Kier molecular flexibility index (Phi) is 3.81. The van der Waals surface area contributed by atoms with Gasteiger partial charge in [-0.25, -0.2) is 8.78 Å². The van der Waals surface area contributed by atoms with Gasteiger partial charge < -0.3 is 20.9 Å². The Morgan fingerprint density at radius 3 is 2.64 bits per heavy atom. The van der Waals surface area contributed by atoms with Crippen molar-refractivity contribution in [1.82, 2.24) is 4.57 Å². The van der Waals surface area contributed by atoms with Crippen molar-refractivity contribution in [3.05, 3.63) is 39.9 Å². The van der Waals surface area contributed by atoms with Gasteiger partial charge in [-0.15, -0.1) is 0 Å². The fourth-order valence-electron chi connectivity index (χ4n) is 3.89. The third kappa shape index (κ3) is 2.62. The largest absolute Gasteiger partial charge is 0.365 e. The van der Waals surface area contributed by atoms with Crippen LogP contribution in [0, 0.1) is 5.82 Å². The Morgan fingerprint density at radius 1 is 1.28 bits per heavy atom. The molecule has 134 valence electrons. The lowest BCUT2D eigenvalue weighted by atomic mass is 10.0. The first-order chi connectivity index (χ1) is 12.0. The van der Waals surface area contributed by atoms with Crippen LogP contribution in [0.2, 0.25) is 0 Å². The molecule has 4 N–H and O–H groups in total. The average Bonchev–Trinajstić information content (AvgIpc) is 3.36. The van der Waals surface area contributed by atoms with E-state index in [1.807, 2.05) is 0 Å². The van der Waals surface area contributed by atoms with Gasteiger partial charge in [-0.2, -0.15) is 0 Å². The van der Waals surface area contributed by atoms with Crippen LogP contribution in [0.25, 0.3) is 10.9 Å². The second-order valence-electron chi connectivity index (χ2n) is 7.13. The summed E-state index contributed by atoms with van der Waals surface area (Å²) in [6.45, 7) is 0.407. The molecule has 2 heterocycles. The fourth-order valence-corrected chi connectivity index (χ4v) is 3.89. The minimum Gasteiger partial charge on any atom is -0.365 e. The van der Waals surface area contributed by atoms with Crippen molar-refractivity contribution in [1.29, 1.82) is 0 Å². The summed E-state index contributed by atoms with van der Waals surface area (Å²) < 4.78 is 31.2. The number of benzene rings is 1. The summed E-state index contributed by atoms with van der Waals surface area (Å²) in [7, 11) is 0. The normalized spacial score (nSPS) is 23.6. The highest BCUT2D eigenvalue weighted by Crippen LogP contribution is 2.40. The quantitative estimate of drug-likeness (QED) is 0.883. The molecule has 2 aliphatic rings. The molecule has 1 saturated carbocycles. The molecule has 1 aromatic carbocycles. The molecule has 1 unspecified atom stereocenters. The Labute approximate surface area is 144 Å². The van der Waals surface area contributed by atoms with Crippen molar-refractivity contribution < 1.29 is 8.78 Å². The lowest BCUT2D eigenvalue weighted by Gasteiger charge is -2.26. The summed E-state index contributed by atoms with van der Waals surface area (Å²) in [6.07, 6.45) is 2.12. The van der Waals surface area contributed by atoms with Gasteiger partial charge in [0.15, 0.2) is 0 Å². The van der Waals surface area contributed by atoms with Crippen molar-refractivity contribution in [2.75, 3.05) is 24.5 Å². The van der Waals surface area contributed by atoms with Crippen LogP contribution in [-0.4, -0.2) is 29.9 Å². The number of alkyl halides is 1. The maximum atomic E-state index is 14.9. The molecule has 7 heteroatoms. The van der Waals surface area contributed by atoms with E-state index in [9.17, 15) is 13.6 Å². The van der Waals surface area contributed by atoms with Crippen LogP contribution < -0.4 is 21.9 Å². The Morgan fingerprint density at radius 2 is 2.04 bits per heavy atom. The molecule has 5 nitrogen and oxygen atoms in total. The average molecular weight is 348 g/mol. The number of rotatable bonds is 4. The van der Waals surface area contributed by atoms with Gasteiger partial charge in [-0.05, 0) is 25.0 Å². The molecule has 0 radical (unpaired) electrons. The van der Waals surface area contributed by atoms with Crippen LogP contribution in [0.15, 0.2) is 23.0 Å². The number of nitrogens with zero attached hydrogens (tertiary/aromatic N) is 2. The van der Waals surface area contributed by atoms with E-state index in [-0.39, 0.29) is 37.7 Å². The van der Waals surface area contributed by atoms with Crippen molar-refractivity contribution in [2.45, 2.75) is 37.5 Å². The first kappa shape index (κ1) is 16.5. The second kappa shape index (κ2) is 5.78. The number of fused-ring (bicyclic) bond motifs is 1. The molecule has 25 heavy (non-hydrogen) atoms. The van der Waals surface area contributed by atoms with Crippen LogP contribution >= 0.6 is 0 Å². The van der Waals surface area contributed by atoms with Crippen molar-refractivity contribution in [2.24, 2.45) is 11.5 Å². The third-order valence-corrected chi connectivity index (χ3v) is 5.34. The van der Waals surface area contributed by atoms with Gasteiger partial charge >= 0.3 is 0 Å². The minimum atomic E-state index is -1.51. The van der Waals surface area contributed by atoms with Crippen molar-refractivity contribution >= 4 is 16.6 Å². The number of anilines is 1. The van der Waals surface area contributed by atoms with Crippen molar-refractivity contribution in [3.8, 4) is 0 Å². The molecule has 2 fully saturated rings. The fraction of sp³-hybridized carbons (Fsp3) is 0.500. The van der Waals surface area contributed by atoms with E-state index >= 15 is 0 Å². The van der Waals surface area contributed by atoms with E-state index in [1.54, 1.807) is 15.5 Å². The minimum absolute atomic E-state index is 0.0411. The number of pyridine rings is 1. The van der Waals surface area contributed by atoms with E-state index in [0.29, 0.717) is 28.7 Å². The van der Waals surface area contributed by atoms with Crippen LogP contribution in [0.1, 0.15) is 30.9 Å². The number of hydrogen-bond donors (Lipinski definition) is 2. The number of aromatic nitrogens is 1. The summed E-state index contributed by atoms with van der Waals surface area (Å²) in [5, 5.41) is 0.651. The maximum Gasteiger partial charge on any atom is 0.251 e. The molecule has 1 aliphatic carbocycles. The van der Waals surface area contributed by atoms with Gasteiger partial charge in [0.1, 0.15) is 11.5 Å². The van der Waals surface area contributed by atoms with Crippen LogP contribution in [0.5, 0.6) is 0 Å². The zero-order chi connectivity index (χ0) is 17.8. The first-order valence-corrected chi connectivity index (χ1v) is 8.68.